The van der Waals surface area contributed by atoms with Gasteiger partial charge in [-0.2, -0.15) is 0 Å². The van der Waals surface area contributed by atoms with Crippen molar-refractivity contribution in [1.29, 1.82) is 0 Å². The van der Waals surface area contributed by atoms with E-state index in [0.717, 1.165) is 11.4 Å². The number of halogens is 2. The van der Waals surface area contributed by atoms with Gasteiger partial charge >= 0.3 is 0 Å². The van der Waals surface area contributed by atoms with Crippen molar-refractivity contribution in [2.24, 2.45) is 0 Å². The Hall–Kier alpha value is -2.33. The lowest BCUT2D eigenvalue weighted by molar-refractivity contribution is 0.475. The molecule has 0 amide bonds. The summed E-state index contributed by atoms with van der Waals surface area (Å²) >= 11 is 6.07. The molecule has 3 nitrogen and oxygen atoms in total. The normalized spacial score (nSPS) is 10.8. The van der Waals surface area contributed by atoms with Gasteiger partial charge in [0.15, 0.2) is 0 Å². The van der Waals surface area contributed by atoms with Crippen molar-refractivity contribution >= 4 is 11.6 Å². The molecule has 5 heteroatoms. The van der Waals surface area contributed by atoms with Crippen molar-refractivity contribution in [1.82, 2.24) is 9.55 Å². The maximum atomic E-state index is 13.9. The molecule has 2 aromatic carbocycles. The fraction of sp³-hybridized carbons (Fsp3) is 0.118. The minimum atomic E-state index is -0.327. The lowest BCUT2D eigenvalue weighted by Gasteiger charge is -2.10. The van der Waals surface area contributed by atoms with Crippen molar-refractivity contribution in [3.05, 3.63) is 82.6 Å². The zero-order valence-corrected chi connectivity index (χ0v) is 12.5. The molecule has 1 aromatic heterocycles. The van der Waals surface area contributed by atoms with E-state index >= 15 is 0 Å². The van der Waals surface area contributed by atoms with Crippen LogP contribution in [0.5, 0.6) is 5.75 Å². The first-order valence-electron chi connectivity index (χ1n) is 6.84. The number of hydrogen-bond acceptors (Lipinski definition) is 2. The van der Waals surface area contributed by atoms with Crippen LogP contribution in [0, 0.1) is 5.82 Å². The molecule has 22 heavy (non-hydrogen) atoms. The molecular weight excluding hydrogens is 303 g/mol. The average Bonchev–Trinajstić information content (AvgIpc) is 2.93. The Morgan fingerprint density at radius 2 is 1.91 bits per heavy atom. The summed E-state index contributed by atoms with van der Waals surface area (Å²) in [5, 5.41) is 9.72. The van der Waals surface area contributed by atoms with Gasteiger partial charge in [-0.1, -0.05) is 29.8 Å². The predicted molar refractivity (Wildman–Crippen MR) is 83.7 cm³/mol. The molecule has 0 radical (unpaired) electrons. The van der Waals surface area contributed by atoms with E-state index in [2.05, 4.69) is 4.98 Å². The van der Waals surface area contributed by atoms with Gasteiger partial charge in [0.05, 0.1) is 0 Å². The quantitative estimate of drug-likeness (QED) is 0.789. The SMILES string of the molecule is Oc1ccc(Cn2ccnc2Cc2c(F)cccc2Cl)cc1. The van der Waals surface area contributed by atoms with Crippen LogP contribution in [0.3, 0.4) is 0 Å². The van der Waals surface area contributed by atoms with E-state index in [1.807, 2.05) is 22.9 Å². The van der Waals surface area contributed by atoms with Gasteiger partial charge in [0, 0.05) is 35.9 Å². The van der Waals surface area contributed by atoms with Gasteiger partial charge in [-0.3, -0.25) is 0 Å². The Balaban J connectivity index is 1.85. The molecule has 0 spiro atoms. The highest BCUT2D eigenvalue weighted by molar-refractivity contribution is 6.31. The Bertz CT molecular complexity index is 763. The molecule has 1 N–H and O–H groups in total. The molecule has 1 heterocycles. The minimum absolute atomic E-state index is 0.229. The number of phenols is 1. The van der Waals surface area contributed by atoms with Crippen LogP contribution < -0.4 is 0 Å². The molecule has 0 bridgehead atoms. The number of benzene rings is 2. The van der Waals surface area contributed by atoms with Crippen LogP contribution in [-0.4, -0.2) is 14.7 Å². The first kappa shape index (κ1) is 14.6. The molecule has 0 saturated carbocycles. The number of phenolic OH excluding ortho intramolecular Hbond substituents is 1. The fourth-order valence-electron chi connectivity index (χ4n) is 2.31. The smallest absolute Gasteiger partial charge is 0.128 e. The summed E-state index contributed by atoms with van der Waals surface area (Å²) in [4.78, 5) is 4.30. The van der Waals surface area contributed by atoms with Crippen LogP contribution in [0.1, 0.15) is 17.0 Å². The third-order valence-electron chi connectivity index (χ3n) is 3.49. The van der Waals surface area contributed by atoms with Gasteiger partial charge in [0.25, 0.3) is 0 Å². The predicted octanol–water partition coefficient (Wildman–Crippen LogP) is 4.02. The molecular formula is C17H14ClFN2O. The summed E-state index contributed by atoms with van der Waals surface area (Å²) < 4.78 is 15.8. The zero-order chi connectivity index (χ0) is 15.5. The van der Waals surface area contributed by atoms with Gasteiger partial charge in [-0.25, -0.2) is 9.37 Å². The lowest BCUT2D eigenvalue weighted by atomic mass is 10.1. The zero-order valence-electron chi connectivity index (χ0n) is 11.7. The van der Waals surface area contributed by atoms with E-state index in [-0.39, 0.29) is 11.6 Å². The van der Waals surface area contributed by atoms with Crippen molar-refractivity contribution in [3.63, 3.8) is 0 Å². The topological polar surface area (TPSA) is 38.0 Å². The highest BCUT2D eigenvalue weighted by Crippen LogP contribution is 2.22. The Morgan fingerprint density at radius 3 is 2.64 bits per heavy atom. The van der Waals surface area contributed by atoms with Crippen molar-refractivity contribution in [2.75, 3.05) is 0 Å². The van der Waals surface area contributed by atoms with E-state index in [4.69, 9.17) is 11.6 Å². The van der Waals surface area contributed by atoms with Gasteiger partial charge in [0.2, 0.25) is 0 Å². The van der Waals surface area contributed by atoms with E-state index < -0.39 is 0 Å². The maximum Gasteiger partial charge on any atom is 0.128 e. The average molecular weight is 317 g/mol. The molecule has 0 unspecified atom stereocenters. The third-order valence-corrected chi connectivity index (χ3v) is 3.84. The van der Waals surface area contributed by atoms with E-state index in [1.165, 1.54) is 6.07 Å². The Kier molecular flexibility index (Phi) is 4.11. The van der Waals surface area contributed by atoms with E-state index in [1.54, 1.807) is 30.5 Å². The monoisotopic (exact) mass is 316 g/mol. The van der Waals surface area contributed by atoms with Gasteiger partial charge in [-0.05, 0) is 29.8 Å². The Morgan fingerprint density at radius 1 is 1.14 bits per heavy atom. The maximum absolute atomic E-state index is 13.9. The highest BCUT2D eigenvalue weighted by atomic mass is 35.5. The fourth-order valence-corrected chi connectivity index (χ4v) is 2.54. The summed E-state index contributed by atoms with van der Waals surface area (Å²) in [6, 6.07) is 11.6. The van der Waals surface area contributed by atoms with Gasteiger partial charge in [-0.15, -0.1) is 0 Å². The van der Waals surface area contributed by atoms with Crippen LogP contribution in [0.4, 0.5) is 4.39 Å². The lowest BCUT2D eigenvalue weighted by Crippen LogP contribution is -2.06. The molecule has 3 aromatic rings. The van der Waals surface area contributed by atoms with Crippen LogP contribution in [0.2, 0.25) is 5.02 Å². The van der Waals surface area contributed by atoms with Crippen molar-refractivity contribution in [2.45, 2.75) is 13.0 Å². The standard InChI is InChI=1S/C17H14ClFN2O/c18-15-2-1-3-16(19)14(15)10-17-20-8-9-21(17)11-12-4-6-13(22)7-5-12/h1-9,22H,10-11H2. The number of rotatable bonds is 4. The number of imidazole rings is 1. The van der Waals surface area contributed by atoms with Crippen molar-refractivity contribution in [3.8, 4) is 5.75 Å². The molecule has 0 aliphatic heterocycles. The summed E-state index contributed by atoms with van der Waals surface area (Å²) in [5.74, 6) is 0.638. The van der Waals surface area contributed by atoms with Crippen LogP contribution in [0.15, 0.2) is 54.9 Å². The molecule has 112 valence electrons. The summed E-state index contributed by atoms with van der Waals surface area (Å²) in [6.45, 7) is 0.599. The molecule has 0 fully saturated rings. The largest absolute Gasteiger partial charge is 0.508 e. The number of nitrogens with zero attached hydrogens (tertiary/aromatic N) is 2. The van der Waals surface area contributed by atoms with Crippen LogP contribution >= 0.6 is 11.6 Å². The van der Waals surface area contributed by atoms with E-state index in [9.17, 15) is 9.50 Å². The van der Waals surface area contributed by atoms with Crippen molar-refractivity contribution < 1.29 is 9.50 Å². The van der Waals surface area contributed by atoms with E-state index in [0.29, 0.717) is 23.6 Å². The molecule has 0 atom stereocenters. The second-order valence-electron chi connectivity index (χ2n) is 5.01. The number of hydrogen-bond donors (Lipinski definition) is 1. The molecule has 3 rings (SSSR count). The minimum Gasteiger partial charge on any atom is -0.508 e. The first-order chi connectivity index (χ1) is 10.6. The number of aromatic nitrogens is 2. The molecule has 0 aliphatic rings. The van der Waals surface area contributed by atoms with Crippen LogP contribution in [-0.2, 0) is 13.0 Å². The second-order valence-corrected chi connectivity index (χ2v) is 5.42. The summed E-state index contributed by atoms with van der Waals surface area (Å²) in [7, 11) is 0. The second kappa shape index (κ2) is 6.20. The van der Waals surface area contributed by atoms with Gasteiger partial charge in [0.1, 0.15) is 17.4 Å². The highest BCUT2D eigenvalue weighted by Gasteiger charge is 2.11. The summed E-state index contributed by atoms with van der Waals surface area (Å²) in [6.07, 6.45) is 3.86. The van der Waals surface area contributed by atoms with Gasteiger partial charge < -0.3 is 9.67 Å². The third kappa shape index (κ3) is 3.12. The molecule has 0 aliphatic carbocycles. The molecule has 0 saturated heterocycles. The Labute approximate surface area is 132 Å². The summed E-state index contributed by atoms with van der Waals surface area (Å²) in [5.41, 5.74) is 1.47. The number of aromatic hydroxyl groups is 1. The first-order valence-corrected chi connectivity index (χ1v) is 7.22. The van der Waals surface area contributed by atoms with Crippen LogP contribution in [0.25, 0.3) is 0 Å².